The van der Waals surface area contributed by atoms with E-state index in [0.29, 0.717) is 13.0 Å². The van der Waals surface area contributed by atoms with Crippen LogP contribution >= 0.6 is 22.7 Å². The van der Waals surface area contributed by atoms with Crippen LogP contribution < -0.4 is 5.32 Å². The number of thiazole rings is 2. The smallest absolute Gasteiger partial charge is 0.318 e. The number of likely N-dealkylation sites (tertiary alicyclic amines) is 3. The summed E-state index contributed by atoms with van der Waals surface area (Å²) in [5, 5.41) is 5.00. The normalized spacial score (nSPS) is 18.4. The number of urea groups is 1. The third-order valence-electron chi connectivity index (χ3n) is 11.6. The van der Waals surface area contributed by atoms with E-state index in [1.165, 1.54) is 0 Å². The summed E-state index contributed by atoms with van der Waals surface area (Å²) in [4.78, 5) is 58.2. The minimum Gasteiger partial charge on any atom is -0.333 e. The van der Waals surface area contributed by atoms with Gasteiger partial charge in [0.1, 0.15) is 16.1 Å². The van der Waals surface area contributed by atoms with Crippen LogP contribution in [0.3, 0.4) is 0 Å². The van der Waals surface area contributed by atoms with Crippen molar-refractivity contribution >= 4 is 40.5 Å². The molecule has 0 spiro atoms. The SMILES string of the molecule is O=C(N[C@@H](C(=O)N1CCC[C@H]1c1ncc(-c2ccc(-c3ccc(-c4cnc([C@@H]5CCCN5C(=O)Cc5ccccc5)s4)cc3)cc2)s1)c1ccccc1)N1CCCC1. The van der Waals surface area contributed by atoms with E-state index < -0.39 is 6.04 Å². The second kappa shape index (κ2) is 17.1. The van der Waals surface area contributed by atoms with Gasteiger partial charge >= 0.3 is 6.03 Å². The Bertz CT molecular complexity index is 2360. The molecule has 3 fully saturated rings. The zero-order valence-corrected chi connectivity index (χ0v) is 34.0. The van der Waals surface area contributed by atoms with Crippen LogP contribution in [0.2, 0.25) is 0 Å². The van der Waals surface area contributed by atoms with Gasteiger partial charge in [-0.05, 0) is 71.9 Å². The van der Waals surface area contributed by atoms with E-state index in [9.17, 15) is 14.4 Å². The van der Waals surface area contributed by atoms with Crippen LogP contribution in [-0.2, 0) is 16.0 Å². The van der Waals surface area contributed by atoms with Crippen molar-refractivity contribution in [1.29, 1.82) is 0 Å². The fraction of sp³-hybridized carbons (Fsp3) is 0.298. The average Bonchev–Trinajstić information content (AvgIpc) is 4.13. The molecule has 4 aromatic carbocycles. The van der Waals surface area contributed by atoms with Gasteiger partial charge in [0.15, 0.2) is 0 Å². The van der Waals surface area contributed by atoms with E-state index in [1.807, 2.05) is 82.9 Å². The minimum atomic E-state index is -0.749. The Kier molecular flexibility index (Phi) is 11.1. The lowest BCUT2D eigenvalue weighted by atomic mass is 10.0. The first-order valence-electron chi connectivity index (χ1n) is 20.4. The lowest BCUT2D eigenvalue weighted by molar-refractivity contribution is -0.134. The number of carbonyl (C=O) groups excluding carboxylic acids is 3. The second-order valence-electron chi connectivity index (χ2n) is 15.4. The topological polar surface area (TPSA) is 98.7 Å². The summed E-state index contributed by atoms with van der Waals surface area (Å²) >= 11 is 3.31. The van der Waals surface area contributed by atoms with Crippen LogP contribution in [0.1, 0.15) is 77.8 Å². The highest BCUT2D eigenvalue weighted by atomic mass is 32.1. The molecule has 0 aliphatic carbocycles. The molecule has 1 N–H and O–H groups in total. The molecule has 0 bridgehead atoms. The number of nitrogens with one attached hydrogen (secondary N) is 1. The predicted molar refractivity (Wildman–Crippen MR) is 230 cm³/mol. The number of aromatic nitrogens is 2. The van der Waals surface area contributed by atoms with Crippen molar-refractivity contribution in [3.05, 3.63) is 143 Å². The molecule has 3 aliphatic rings. The van der Waals surface area contributed by atoms with Gasteiger partial charge in [-0.15, -0.1) is 22.7 Å². The van der Waals surface area contributed by atoms with Crippen molar-refractivity contribution in [3.8, 4) is 32.0 Å². The fourth-order valence-electron chi connectivity index (χ4n) is 8.52. The molecule has 4 amide bonds. The lowest BCUT2D eigenvalue weighted by Crippen LogP contribution is -2.46. The monoisotopic (exact) mass is 806 g/mol. The summed E-state index contributed by atoms with van der Waals surface area (Å²) in [5.41, 5.74) is 6.28. The van der Waals surface area contributed by atoms with Crippen LogP contribution in [0, 0.1) is 0 Å². The highest BCUT2D eigenvalue weighted by Gasteiger charge is 2.38. The highest BCUT2D eigenvalue weighted by Crippen LogP contribution is 2.40. The molecule has 3 atom stereocenters. The zero-order valence-electron chi connectivity index (χ0n) is 32.3. The maximum Gasteiger partial charge on any atom is 0.318 e. The molecule has 0 saturated carbocycles. The third kappa shape index (κ3) is 8.06. The first kappa shape index (κ1) is 37.9. The van der Waals surface area contributed by atoms with Crippen LogP contribution in [-0.4, -0.2) is 68.7 Å². The van der Waals surface area contributed by atoms with Crippen LogP contribution in [0.4, 0.5) is 4.79 Å². The lowest BCUT2D eigenvalue weighted by Gasteiger charge is -2.29. The Morgan fingerprint density at radius 1 is 0.603 bits per heavy atom. The number of hydrogen-bond donors (Lipinski definition) is 1. The summed E-state index contributed by atoms with van der Waals surface area (Å²) in [5.74, 6) is 0.0766. The summed E-state index contributed by atoms with van der Waals surface area (Å²) in [6, 6.07) is 35.7. The van der Waals surface area contributed by atoms with Gasteiger partial charge in [0, 0.05) is 38.6 Å². The molecule has 3 aliphatic heterocycles. The predicted octanol–water partition coefficient (Wildman–Crippen LogP) is 9.72. The van der Waals surface area contributed by atoms with Crippen LogP contribution in [0.25, 0.3) is 32.0 Å². The van der Waals surface area contributed by atoms with Crippen LogP contribution in [0.5, 0.6) is 0 Å². The molecule has 294 valence electrons. The number of hydrogen-bond acceptors (Lipinski definition) is 7. The van der Waals surface area contributed by atoms with E-state index in [2.05, 4.69) is 53.8 Å². The molecule has 5 heterocycles. The van der Waals surface area contributed by atoms with Gasteiger partial charge in [0.25, 0.3) is 0 Å². The molecule has 6 aromatic rings. The Balaban J connectivity index is 0.851. The number of nitrogens with zero attached hydrogens (tertiary/aromatic N) is 5. The number of benzene rings is 4. The molecule has 0 radical (unpaired) electrons. The zero-order chi connectivity index (χ0) is 39.4. The van der Waals surface area contributed by atoms with E-state index in [4.69, 9.17) is 9.97 Å². The summed E-state index contributed by atoms with van der Waals surface area (Å²) in [6.45, 7) is 2.85. The molecule has 3 saturated heterocycles. The van der Waals surface area contributed by atoms with E-state index >= 15 is 0 Å². The molecular formula is C47H46N6O3S2. The van der Waals surface area contributed by atoms with E-state index in [-0.39, 0.29) is 29.9 Å². The van der Waals surface area contributed by atoms with Crippen molar-refractivity contribution in [2.24, 2.45) is 0 Å². The minimum absolute atomic E-state index is 0.0349. The van der Waals surface area contributed by atoms with Gasteiger partial charge in [-0.3, -0.25) is 9.59 Å². The number of carbonyl (C=O) groups is 3. The fourth-order valence-corrected chi connectivity index (χ4v) is 10.7. The maximum atomic E-state index is 14.2. The Morgan fingerprint density at radius 3 is 1.67 bits per heavy atom. The van der Waals surface area contributed by atoms with Crippen molar-refractivity contribution in [2.75, 3.05) is 26.2 Å². The Hall–Kier alpha value is -5.65. The number of rotatable bonds is 10. The van der Waals surface area contributed by atoms with Crippen molar-refractivity contribution in [3.63, 3.8) is 0 Å². The van der Waals surface area contributed by atoms with E-state index in [0.717, 1.165) is 111 Å². The van der Waals surface area contributed by atoms with Crippen molar-refractivity contribution in [2.45, 2.75) is 63.1 Å². The van der Waals surface area contributed by atoms with Gasteiger partial charge in [0.05, 0.1) is 28.3 Å². The van der Waals surface area contributed by atoms with E-state index in [1.54, 1.807) is 27.6 Å². The van der Waals surface area contributed by atoms with Gasteiger partial charge in [-0.1, -0.05) is 109 Å². The molecule has 11 heteroatoms. The second-order valence-corrected chi connectivity index (χ2v) is 17.5. The summed E-state index contributed by atoms with van der Waals surface area (Å²) < 4.78 is 0. The maximum absolute atomic E-state index is 14.2. The molecule has 9 nitrogen and oxygen atoms in total. The summed E-state index contributed by atoms with van der Waals surface area (Å²) in [6.07, 6.45) is 9.93. The Labute approximate surface area is 347 Å². The summed E-state index contributed by atoms with van der Waals surface area (Å²) in [7, 11) is 0. The molecular weight excluding hydrogens is 761 g/mol. The van der Waals surface area contributed by atoms with Crippen molar-refractivity contribution < 1.29 is 14.4 Å². The van der Waals surface area contributed by atoms with Gasteiger partial charge in [0.2, 0.25) is 11.8 Å². The largest absolute Gasteiger partial charge is 0.333 e. The standard InChI is InChI=1S/C47H46N6O3S2/c54-42(29-32-11-3-1-4-12-32)52-27-9-15-38(52)44-48-30-40(57-44)35-21-17-33(18-22-35)34-19-23-36(24-20-34)41-31-49-45(58-41)39-16-10-28-53(39)46(55)43(37-13-5-2-6-14-37)50-47(56)51-25-7-8-26-51/h1-6,11-14,17-24,30-31,38-39,43H,7-10,15-16,25-29H2,(H,50,56)/t38-,39-,43+/m0/s1. The van der Waals surface area contributed by atoms with Gasteiger partial charge < -0.3 is 20.0 Å². The third-order valence-corrected chi connectivity index (χ3v) is 13.9. The first-order valence-corrected chi connectivity index (χ1v) is 22.0. The quantitative estimate of drug-likeness (QED) is 0.149. The molecule has 58 heavy (non-hydrogen) atoms. The number of amides is 4. The van der Waals surface area contributed by atoms with Crippen molar-refractivity contribution in [1.82, 2.24) is 30.0 Å². The van der Waals surface area contributed by atoms with Gasteiger partial charge in [-0.2, -0.15) is 0 Å². The average molecular weight is 807 g/mol. The highest BCUT2D eigenvalue weighted by molar-refractivity contribution is 7.15. The van der Waals surface area contributed by atoms with Crippen LogP contribution in [0.15, 0.2) is 122 Å². The molecule has 2 aromatic heterocycles. The van der Waals surface area contributed by atoms with Gasteiger partial charge in [-0.25, -0.2) is 14.8 Å². The Morgan fingerprint density at radius 2 is 1.10 bits per heavy atom. The molecule has 9 rings (SSSR count). The molecule has 0 unspecified atom stereocenters. The first-order chi connectivity index (χ1) is 28.5.